The summed E-state index contributed by atoms with van der Waals surface area (Å²) in [6.45, 7) is 1.91. The number of hydrogen-bond acceptors (Lipinski definition) is 3. The molecule has 0 unspecified atom stereocenters. The lowest BCUT2D eigenvalue weighted by molar-refractivity contribution is 0.0925. The van der Waals surface area contributed by atoms with Crippen molar-refractivity contribution >= 4 is 0 Å². The average molecular weight is 295 g/mol. The van der Waals surface area contributed by atoms with Crippen molar-refractivity contribution < 1.29 is 9.84 Å². The molecule has 0 radical (unpaired) electrons. The zero-order valence-electron chi connectivity index (χ0n) is 12.8. The molecule has 1 aliphatic heterocycles. The Morgan fingerprint density at radius 3 is 2.73 bits per heavy atom. The molecule has 0 spiro atoms. The normalized spacial score (nSPS) is 22.9. The van der Waals surface area contributed by atoms with Crippen molar-refractivity contribution in [2.75, 3.05) is 20.3 Å². The summed E-state index contributed by atoms with van der Waals surface area (Å²) in [5.74, 6) is 0. The van der Waals surface area contributed by atoms with Gasteiger partial charge in [0.1, 0.15) is 0 Å². The molecule has 1 aliphatic carbocycles. The molecule has 114 valence electrons. The highest BCUT2D eigenvalue weighted by Crippen LogP contribution is 2.36. The standard InChI is InChI=1S/C19H21NO2/c1-20(18-11-22-12-19(18)21)10-13-6-7-17-15(8-13)9-14-4-2-3-5-16(14)17/h2-8,18-19,21H,9-12H2,1H3/t18-,19-/m0/s1. The zero-order chi connectivity index (χ0) is 15.1. The zero-order valence-corrected chi connectivity index (χ0v) is 12.8. The molecular formula is C19H21NO2. The van der Waals surface area contributed by atoms with Crippen molar-refractivity contribution in [3.8, 4) is 11.1 Å². The molecule has 2 aromatic rings. The van der Waals surface area contributed by atoms with Gasteiger partial charge in [0.2, 0.25) is 0 Å². The maximum atomic E-state index is 9.94. The molecule has 1 saturated heterocycles. The molecule has 0 saturated carbocycles. The van der Waals surface area contributed by atoms with Gasteiger partial charge in [-0.05, 0) is 41.3 Å². The summed E-state index contributed by atoms with van der Waals surface area (Å²) in [6, 6.07) is 15.5. The highest BCUT2D eigenvalue weighted by atomic mass is 16.5. The average Bonchev–Trinajstić information content (AvgIpc) is 3.10. The van der Waals surface area contributed by atoms with Crippen molar-refractivity contribution in [3.63, 3.8) is 0 Å². The molecule has 22 heavy (non-hydrogen) atoms. The van der Waals surface area contributed by atoms with Gasteiger partial charge in [-0.1, -0.05) is 42.5 Å². The third kappa shape index (κ3) is 2.35. The number of fused-ring (bicyclic) bond motifs is 3. The second-order valence-corrected chi connectivity index (χ2v) is 6.41. The third-order valence-corrected chi connectivity index (χ3v) is 4.88. The van der Waals surface area contributed by atoms with Crippen LogP contribution in [-0.2, 0) is 17.7 Å². The first-order chi connectivity index (χ1) is 10.7. The second kappa shape index (κ2) is 5.51. The SMILES string of the molecule is CN(Cc1ccc2c(c1)Cc1ccccc1-2)[C@H]1COC[C@@H]1O. The van der Waals surface area contributed by atoms with Crippen LogP contribution in [0.5, 0.6) is 0 Å². The molecule has 1 N–H and O–H groups in total. The van der Waals surface area contributed by atoms with Gasteiger partial charge in [-0.3, -0.25) is 4.90 Å². The molecule has 0 aromatic heterocycles. The first-order valence-corrected chi connectivity index (χ1v) is 7.88. The topological polar surface area (TPSA) is 32.7 Å². The minimum Gasteiger partial charge on any atom is -0.389 e. The molecule has 1 fully saturated rings. The largest absolute Gasteiger partial charge is 0.389 e. The van der Waals surface area contributed by atoms with Crippen LogP contribution in [0.4, 0.5) is 0 Å². The maximum Gasteiger partial charge on any atom is 0.0950 e. The number of aliphatic hydroxyl groups excluding tert-OH is 1. The summed E-state index contributed by atoms with van der Waals surface area (Å²) < 4.78 is 5.35. The van der Waals surface area contributed by atoms with Crippen LogP contribution in [0.15, 0.2) is 42.5 Å². The first-order valence-electron chi connectivity index (χ1n) is 7.88. The number of rotatable bonds is 3. The third-order valence-electron chi connectivity index (χ3n) is 4.88. The molecule has 1 heterocycles. The molecule has 2 aliphatic rings. The van der Waals surface area contributed by atoms with E-state index in [1.807, 2.05) is 0 Å². The van der Waals surface area contributed by atoms with Crippen LogP contribution < -0.4 is 0 Å². The van der Waals surface area contributed by atoms with E-state index in [1.54, 1.807) is 0 Å². The maximum absolute atomic E-state index is 9.94. The van der Waals surface area contributed by atoms with Gasteiger partial charge < -0.3 is 9.84 Å². The summed E-state index contributed by atoms with van der Waals surface area (Å²) in [5.41, 5.74) is 6.87. The Kier molecular flexibility index (Phi) is 3.49. The number of nitrogens with zero attached hydrogens (tertiary/aromatic N) is 1. The van der Waals surface area contributed by atoms with Gasteiger partial charge in [0.05, 0.1) is 25.4 Å². The molecular weight excluding hydrogens is 274 g/mol. The summed E-state index contributed by atoms with van der Waals surface area (Å²) in [5, 5.41) is 9.94. The number of benzene rings is 2. The van der Waals surface area contributed by atoms with E-state index in [0.717, 1.165) is 13.0 Å². The Labute approximate surface area is 131 Å². The van der Waals surface area contributed by atoms with Crippen LogP contribution in [0.25, 0.3) is 11.1 Å². The minimum atomic E-state index is -0.372. The van der Waals surface area contributed by atoms with Crippen molar-refractivity contribution in [2.24, 2.45) is 0 Å². The quantitative estimate of drug-likeness (QED) is 0.805. The van der Waals surface area contributed by atoms with E-state index in [2.05, 4.69) is 54.4 Å². The summed E-state index contributed by atoms with van der Waals surface area (Å²) >= 11 is 0. The van der Waals surface area contributed by atoms with E-state index in [1.165, 1.54) is 27.8 Å². The Hall–Kier alpha value is -1.68. The van der Waals surface area contributed by atoms with Crippen molar-refractivity contribution in [2.45, 2.75) is 25.1 Å². The summed E-state index contributed by atoms with van der Waals surface area (Å²) in [6.07, 6.45) is 0.654. The molecule has 2 atom stereocenters. The van der Waals surface area contributed by atoms with E-state index in [9.17, 15) is 5.11 Å². The predicted octanol–water partition coefficient (Wildman–Crippen LogP) is 2.45. The van der Waals surface area contributed by atoms with E-state index < -0.39 is 0 Å². The van der Waals surface area contributed by atoms with Crippen molar-refractivity contribution in [1.29, 1.82) is 0 Å². The van der Waals surface area contributed by atoms with Gasteiger partial charge in [-0.25, -0.2) is 0 Å². The highest BCUT2D eigenvalue weighted by molar-refractivity contribution is 5.76. The van der Waals surface area contributed by atoms with Crippen LogP contribution >= 0.6 is 0 Å². The molecule has 0 bridgehead atoms. The Morgan fingerprint density at radius 2 is 1.91 bits per heavy atom. The predicted molar refractivity (Wildman–Crippen MR) is 86.8 cm³/mol. The summed E-state index contributed by atoms with van der Waals surface area (Å²) in [4.78, 5) is 2.20. The number of likely N-dealkylation sites (N-methyl/N-ethyl adjacent to an activating group) is 1. The van der Waals surface area contributed by atoms with Crippen LogP contribution in [-0.4, -0.2) is 42.4 Å². The Morgan fingerprint density at radius 1 is 1.09 bits per heavy atom. The molecule has 3 nitrogen and oxygen atoms in total. The lowest BCUT2D eigenvalue weighted by atomic mass is 10.0. The second-order valence-electron chi connectivity index (χ2n) is 6.41. The van der Waals surface area contributed by atoms with E-state index in [4.69, 9.17) is 4.74 Å². The van der Waals surface area contributed by atoms with Crippen LogP contribution in [0.1, 0.15) is 16.7 Å². The number of hydrogen-bond donors (Lipinski definition) is 1. The number of ether oxygens (including phenoxy) is 1. The fourth-order valence-corrected chi connectivity index (χ4v) is 3.65. The number of aliphatic hydroxyl groups is 1. The molecule has 3 heteroatoms. The van der Waals surface area contributed by atoms with Gasteiger partial charge in [0, 0.05) is 6.54 Å². The van der Waals surface area contributed by atoms with Gasteiger partial charge in [-0.2, -0.15) is 0 Å². The minimum absolute atomic E-state index is 0.102. The van der Waals surface area contributed by atoms with E-state index in [-0.39, 0.29) is 12.1 Å². The van der Waals surface area contributed by atoms with Gasteiger partial charge in [-0.15, -0.1) is 0 Å². The van der Waals surface area contributed by atoms with Crippen LogP contribution in [0, 0.1) is 0 Å². The van der Waals surface area contributed by atoms with E-state index in [0.29, 0.717) is 13.2 Å². The van der Waals surface area contributed by atoms with Crippen molar-refractivity contribution in [3.05, 3.63) is 59.2 Å². The van der Waals surface area contributed by atoms with Crippen LogP contribution in [0.2, 0.25) is 0 Å². The first kappa shape index (κ1) is 13.9. The van der Waals surface area contributed by atoms with Crippen LogP contribution in [0.3, 0.4) is 0 Å². The Balaban J connectivity index is 1.55. The fourth-order valence-electron chi connectivity index (χ4n) is 3.65. The fraction of sp³-hybridized carbons (Fsp3) is 0.368. The molecule has 2 aromatic carbocycles. The monoisotopic (exact) mass is 295 g/mol. The smallest absolute Gasteiger partial charge is 0.0950 e. The van der Waals surface area contributed by atoms with Crippen molar-refractivity contribution in [1.82, 2.24) is 4.90 Å². The van der Waals surface area contributed by atoms with Gasteiger partial charge in [0.25, 0.3) is 0 Å². The van der Waals surface area contributed by atoms with Gasteiger partial charge in [0.15, 0.2) is 0 Å². The highest BCUT2D eigenvalue weighted by Gasteiger charge is 2.29. The lowest BCUT2D eigenvalue weighted by Gasteiger charge is -2.25. The lowest BCUT2D eigenvalue weighted by Crippen LogP contribution is -2.39. The van der Waals surface area contributed by atoms with E-state index >= 15 is 0 Å². The summed E-state index contributed by atoms with van der Waals surface area (Å²) in [7, 11) is 2.06. The Bertz CT molecular complexity index is 698. The van der Waals surface area contributed by atoms with Gasteiger partial charge >= 0.3 is 0 Å². The molecule has 4 rings (SSSR count). The molecule has 0 amide bonds.